The van der Waals surface area contributed by atoms with E-state index in [2.05, 4.69) is 10.2 Å². The van der Waals surface area contributed by atoms with E-state index in [9.17, 15) is 10.1 Å². The summed E-state index contributed by atoms with van der Waals surface area (Å²) in [4.78, 5) is 10.3. The Bertz CT molecular complexity index is 583. The third kappa shape index (κ3) is 2.59. The molecular weight excluding hydrogens is 254 g/mol. The molecule has 0 unspecified atom stereocenters. The van der Waals surface area contributed by atoms with Gasteiger partial charge in [0, 0.05) is 18.9 Å². The number of anilines is 1. The van der Waals surface area contributed by atoms with Crippen molar-refractivity contribution in [3.63, 3.8) is 0 Å². The summed E-state index contributed by atoms with van der Waals surface area (Å²) in [6, 6.07) is 4.80. The summed E-state index contributed by atoms with van der Waals surface area (Å²) < 4.78 is 1.79. The monoisotopic (exact) mass is 265 g/mol. The minimum absolute atomic E-state index is 0.0638. The Labute approximate surface area is 107 Å². The standard InChI is InChI=1S/C10H11N5O2S/c1-14-6-12-13-10(14)18-5-7-2-3-8(11)9(4-7)15(16)17/h2-4,6H,5,11H2,1H3. The lowest BCUT2D eigenvalue weighted by Gasteiger charge is -2.02. The first kappa shape index (κ1) is 12.4. The number of benzene rings is 1. The maximum absolute atomic E-state index is 10.8. The van der Waals surface area contributed by atoms with Gasteiger partial charge in [-0.15, -0.1) is 10.2 Å². The van der Waals surface area contributed by atoms with Crippen molar-refractivity contribution in [3.8, 4) is 0 Å². The van der Waals surface area contributed by atoms with Crippen LogP contribution < -0.4 is 5.73 Å². The predicted octanol–water partition coefficient (Wildman–Crippen LogP) is 1.60. The molecule has 0 amide bonds. The van der Waals surface area contributed by atoms with Crippen molar-refractivity contribution in [2.45, 2.75) is 10.9 Å². The van der Waals surface area contributed by atoms with Crippen LogP contribution in [0.3, 0.4) is 0 Å². The number of thioether (sulfide) groups is 1. The number of aryl methyl sites for hydroxylation is 1. The fourth-order valence-corrected chi connectivity index (χ4v) is 2.22. The molecule has 7 nitrogen and oxygen atoms in total. The molecule has 1 aromatic carbocycles. The Morgan fingerprint density at radius 3 is 2.94 bits per heavy atom. The highest BCUT2D eigenvalue weighted by atomic mass is 32.2. The van der Waals surface area contributed by atoms with Crippen LogP contribution in [0.15, 0.2) is 29.7 Å². The zero-order valence-electron chi connectivity index (χ0n) is 9.61. The minimum atomic E-state index is -0.480. The Balaban J connectivity index is 2.13. The zero-order valence-corrected chi connectivity index (χ0v) is 10.4. The van der Waals surface area contributed by atoms with Crippen molar-refractivity contribution in [2.75, 3.05) is 5.73 Å². The van der Waals surface area contributed by atoms with E-state index in [4.69, 9.17) is 5.73 Å². The summed E-state index contributed by atoms with van der Waals surface area (Å²) in [6.07, 6.45) is 1.60. The molecule has 0 fully saturated rings. The molecule has 0 aliphatic heterocycles. The molecule has 2 rings (SSSR count). The van der Waals surface area contributed by atoms with E-state index in [1.54, 1.807) is 23.0 Å². The molecule has 1 aromatic heterocycles. The fourth-order valence-electron chi connectivity index (χ4n) is 1.39. The first-order valence-corrected chi connectivity index (χ1v) is 6.06. The van der Waals surface area contributed by atoms with Crippen molar-refractivity contribution >= 4 is 23.1 Å². The van der Waals surface area contributed by atoms with Gasteiger partial charge in [0.05, 0.1) is 4.92 Å². The third-order valence-electron chi connectivity index (χ3n) is 2.33. The maximum atomic E-state index is 10.8. The molecule has 2 aromatic rings. The Kier molecular flexibility index (Phi) is 3.47. The smallest absolute Gasteiger partial charge is 0.292 e. The van der Waals surface area contributed by atoms with E-state index in [1.165, 1.54) is 17.8 Å². The molecule has 18 heavy (non-hydrogen) atoms. The summed E-state index contributed by atoms with van der Waals surface area (Å²) >= 11 is 1.46. The normalized spacial score (nSPS) is 10.5. The Morgan fingerprint density at radius 1 is 1.56 bits per heavy atom. The molecule has 0 radical (unpaired) electrons. The number of nitro groups is 1. The van der Waals surface area contributed by atoms with Crippen LogP contribution in [0.5, 0.6) is 0 Å². The van der Waals surface area contributed by atoms with E-state index in [1.807, 2.05) is 7.05 Å². The molecular formula is C10H11N5O2S. The zero-order chi connectivity index (χ0) is 13.1. The van der Waals surface area contributed by atoms with Gasteiger partial charge in [0.1, 0.15) is 12.0 Å². The molecule has 0 spiro atoms. The summed E-state index contributed by atoms with van der Waals surface area (Å²) in [6.45, 7) is 0. The van der Waals surface area contributed by atoms with Gasteiger partial charge in [-0.25, -0.2) is 0 Å². The van der Waals surface area contributed by atoms with Crippen molar-refractivity contribution < 1.29 is 4.92 Å². The van der Waals surface area contributed by atoms with Gasteiger partial charge in [-0.3, -0.25) is 10.1 Å². The lowest BCUT2D eigenvalue weighted by molar-refractivity contribution is -0.383. The first-order valence-electron chi connectivity index (χ1n) is 5.07. The van der Waals surface area contributed by atoms with Crippen molar-refractivity contribution in [2.24, 2.45) is 7.05 Å². The third-order valence-corrected chi connectivity index (χ3v) is 3.43. The van der Waals surface area contributed by atoms with Gasteiger partial charge >= 0.3 is 0 Å². The predicted molar refractivity (Wildman–Crippen MR) is 68.1 cm³/mol. The van der Waals surface area contributed by atoms with Crippen LogP contribution in [0, 0.1) is 10.1 Å². The highest BCUT2D eigenvalue weighted by molar-refractivity contribution is 7.98. The lowest BCUT2D eigenvalue weighted by atomic mass is 10.2. The van der Waals surface area contributed by atoms with Crippen molar-refractivity contribution in [3.05, 3.63) is 40.2 Å². The number of nitrogens with zero attached hydrogens (tertiary/aromatic N) is 4. The summed E-state index contributed by atoms with van der Waals surface area (Å²) in [5.74, 6) is 0.577. The van der Waals surface area contributed by atoms with Gasteiger partial charge < -0.3 is 10.3 Å². The molecule has 0 aliphatic rings. The fraction of sp³-hybridized carbons (Fsp3) is 0.200. The maximum Gasteiger partial charge on any atom is 0.292 e. The van der Waals surface area contributed by atoms with Crippen molar-refractivity contribution in [1.29, 1.82) is 0 Å². The van der Waals surface area contributed by atoms with Crippen LogP contribution in [0.1, 0.15) is 5.56 Å². The average molecular weight is 265 g/mol. The highest BCUT2D eigenvalue weighted by Gasteiger charge is 2.12. The van der Waals surface area contributed by atoms with E-state index in [0.29, 0.717) is 5.75 Å². The minimum Gasteiger partial charge on any atom is -0.393 e. The van der Waals surface area contributed by atoms with E-state index < -0.39 is 4.92 Å². The van der Waals surface area contributed by atoms with Crippen LogP contribution in [0.2, 0.25) is 0 Å². The molecule has 0 saturated heterocycles. The summed E-state index contributed by atoms with van der Waals surface area (Å²) in [5, 5.41) is 19.2. The first-order chi connectivity index (χ1) is 8.58. The van der Waals surface area contributed by atoms with Gasteiger partial charge in [-0.2, -0.15) is 0 Å². The number of nitrogens with two attached hydrogens (primary N) is 1. The second-order valence-corrected chi connectivity index (χ2v) is 4.61. The second-order valence-electron chi connectivity index (χ2n) is 3.66. The molecule has 0 bridgehead atoms. The Morgan fingerprint density at radius 2 is 2.33 bits per heavy atom. The molecule has 94 valence electrons. The van der Waals surface area contributed by atoms with Crippen LogP contribution in [0.25, 0.3) is 0 Å². The van der Waals surface area contributed by atoms with Gasteiger partial charge in [0.15, 0.2) is 5.16 Å². The van der Waals surface area contributed by atoms with Crippen LogP contribution in [-0.4, -0.2) is 19.7 Å². The molecule has 0 aliphatic carbocycles. The van der Waals surface area contributed by atoms with E-state index >= 15 is 0 Å². The molecule has 0 atom stereocenters. The van der Waals surface area contributed by atoms with E-state index in [0.717, 1.165) is 10.7 Å². The number of rotatable bonds is 4. The number of nitro benzene ring substituents is 1. The summed E-state index contributed by atoms with van der Waals surface area (Å²) in [7, 11) is 1.84. The van der Waals surface area contributed by atoms with Gasteiger partial charge in [0.25, 0.3) is 5.69 Å². The molecule has 8 heteroatoms. The number of aromatic nitrogens is 3. The number of nitrogen functional groups attached to an aromatic ring is 1. The quantitative estimate of drug-likeness (QED) is 0.390. The van der Waals surface area contributed by atoms with Gasteiger partial charge in [0.2, 0.25) is 0 Å². The Hall–Kier alpha value is -2.09. The van der Waals surface area contributed by atoms with Crippen LogP contribution in [-0.2, 0) is 12.8 Å². The second kappa shape index (κ2) is 5.05. The largest absolute Gasteiger partial charge is 0.393 e. The topological polar surface area (TPSA) is 99.9 Å². The lowest BCUT2D eigenvalue weighted by Crippen LogP contribution is -1.97. The highest BCUT2D eigenvalue weighted by Crippen LogP contribution is 2.26. The number of hydrogen-bond donors (Lipinski definition) is 1. The summed E-state index contributed by atoms with van der Waals surface area (Å²) in [5.41, 5.74) is 6.46. The molecule has 1 heterocycles. The molecule has 2 N–H and O–H groups in total. The van der Waals surface area contributed by atoms with E-state index in [-0.39, 0.29) is 11.4 Å². The average Bonchev–Trinajstić information content (AvgIpc) is 2.73. The molecule has 0 saturated carbocycles. The van der Waals surface area contributed by atoms with Gasteiger partial charge in [-0.1, -0.05) is 17.8 Å². The SMILES string of the molecule is Cn1cnnc1SCc1ccc(N)c([N+](=O)[O-])c1. The number of hydrogen-bond acceptors (Lipinski definition) is 6. The van der Waals surface area contributed by atoms with Crippen LogP contribution >= 0.6 is 11.8 Å². The van der Waals surface area contributed by atoms with Gasteiger partial charge in [-0.05, 0) is 11.6 Å². The van der Waals surface area contributed by atoms with Crippen LogP contribution in [0.4, 0.5) is 11.4 Å². The van der Waals surface area contributed by atoms with Crippen molar-refractivity contribution in [1.82, 2.24) is 14.8 Å².